The quantitative estimate of drug-likeness (QED) is 0.613. The summed E-state index contributed by atoms with van der Waals surface area (Å²) >= 11 is 0. The zero-order chi connectivity index (χ0) is 11.3. The second-order valence-corrected chi connectivity index (χ2v) is 4.59. The Hall–Kier alpha value is -0.160. The Bertz CT molecular complexity index is 175. The van der Waals surface area contributed by atoms with Crippen molar-refractivity contribution in [3.63, 3.8) is 0 Å². The lowest BCUT2D eigenvalue weighted by molar-refractivity contribution is -0.0202. The van der Waals surface area contributed by atoms with E-state index in [2.05, 4.69) is 5.32 Å². The molecule has 1 rings (SSSR count). The minimum Gasteiger partial charge on any atom is -0.393 e. The largest absolute Gasteiger partial charge is 0.393 e. The zero-order valence-electron chi connectivity index (χ0n) is 9.65. The van der Waals surface area contributed by atoms with E-state index in [0.29, 0.717) is 13.0 Å². The molecule has 1 aliphatic heterocycles. The molecule has 0 aromatic rings. The summed E-state index contributed by atoms with van der Waals surface area (Å²) in [5.74, 6) is 0.157. The fourth-order valence-corrected chi connectivity index (χ4v) is 1.87. The standard InChI is InChI=1S/C11H23NO3/c1-8(2)15-7-10(13)5-9-6-12-4-3-11(9)14/h8-14H,3-7H2,1-2H3. The first-order chi connectivity index (χ1) is 7.09. The van der Waals surface area contributed by atoms with Crippen molar-refractivity contribution >= 4 is 0 Å². The molecule has 90 valence electrons. The first kappa shape index (κ1) is 12.9. The summed E-state index contributed by atoms with van der Waals surface area (Å²) in [6, 6.07) is 0. The Balaban J connectivity index is 2.20. The lowest BCUT2D eigenvalue weighted by Crippen LogP contribution is -2.42. The number of nitrogens with one attached hydrogen (secondary N) is 1. The molecule has 0 aromatic heterocycles. The molecule has 1 fully saturated rings. The highest BCUT2D eigenvalue weighted by Gasteiger charge is 2.25. The van der Waals surface area contributed by atoms with Crippen molar-refractivity contribution in [2.75, 3.05) is 19.7 Å². The predicted octanol–water partition coefficient (Wildman–Crippen LogP) is 0.133. The van der Waals surface area contributed by atoms with Gasteiger partial charge in [-0.1, -0.05) is 0 Å². The van der Waals surface area contributed by atoms with Crippen LogP contribution in [-0.4, -0.2) is 48.2 Å². The van der Waals surface area contributed by atoms with Gasteiger partial charge in [0.2, 0.25) is 0 Å². The Labute approximate surface area is 91.6 Å². The van der Waals surface area contributed by atoms with E-state index in [-0.39, 0.29) is 18.1 Å². The molecule has 1 saturated heterocycles. The molecule has 3 N–H and O–H groups in total. The Morgan fingerprint density at radius 2 is 2.20 bits per heavy atom. The molecule has 0 bridgehead atoms. The molecule has 1 heterocycles. The van der Waals surface area contributed by atoms with Gasteiger partial charge in [-0.05, 0) is 39.2 Å². The molecular weight excluding hydrogens is 194 g/mol. The SMILES string of the molecule is CC(C)OCC(O)CC1CNCCC1O. The van der Waals surface area contributed by atoms with Gasteiger partial charge in [-0.2, -0.15) is 0 Å². The number of hydrogen-bond donors (Lipinski definition) is 3. The van der Waals surface area contributed by atoms with Crippen LogP contribution in [0.3, 0.4) is 0 Å². The fraction of sp³-hybridized carbons (Fsp3) is 1.00. The molecule has 0 saturated carbocycles. The highest BCUT2D eigenvalue weighted by atomic mass is 16.5. The van der Waals surface area contributed by atoms with Gasteiger partial charge < -0.3 is 20.3 Å². The molecule has 0 aliphatic carbocycles. The van der Waals surface area contributed by atoms with Gasteiger partial charge >= 0.3 is 0 Å². The van der Waals surface area contributed by atoms with E-state index >= 15 is 0 Å². The monoisotopic (exact) mass is 217 g/mol. The summed E-state index contributed by atoms with van der Waals surface area (Å²) in [7, 11) is 0. The van der Waals surface area contributed by atoms with E-state index in [4.69, 9.17) is 4.74 Å². The van der Waals surface area contributed by atoms with Gasteiger partial charge in [-0.25, -0.2) is 0 Å². The number of ether oxygens (including phenoxy) is 1. The lowest BCUT2D eigenvalue weighted by Gasteiger charge is -2.30. The summed E-state index contributed by atoms with van der Waals surface area (Å²) in [6.07, 6.45) is 0.796. The fourth-order valence-electron chi connectivity index (χ4n) is 1.87. The van der Waals surface area contributed by atoms with E-state index in [1.807, 2.05) is 13.8 Å². The van der Waals surface area contributed by atoms with Crippen molar-refractivity contribution in [3.8, 4) is 0 Å². The van der Waals surface area contributed by atoms with Crippen LogP contribution >= 0.6 is 0 Å². The second-order valence-electron chi connectivity index (χ2n) is 4.59. The maximum absolute atomic E-state index is 9.70. The molecule has 15 heavy (non-hydrogen) atoms. The molecule has 0 radical (unpaired) electrons. The third kappa shape index (κ3) is 4.93. The molecule has 4 nitrogen and oxygen atoms in total. The van der Waals surface area contributed by atoms with Gasteiger partial charge in [0.15, 0.2) is 0 Å². The molecule has 4 heteroatoms. The van der Waals surface area contributed by atoms with Crippen LogP contribution in [0.4, 0.5) is 0 Å². The van der Waals surface area contributed by atoms with Crippen molar-refractivity contribution in [1.29, 1.82) is 0 Å². The molecule has 1 aliphatic rings. The van der Waals surface area contributed by atoms with Crippen molar-refractivity contribution in [2.45, 2.75) is 45.0 Å². The topological polar surface area (TPSA) is 61.7 Å². The molecule has 3 atom stereocenters. The summed E-state index contributed by atoms with van der Waals surface area (Å²) < 4.78 is 5.33. The van der Waals surface area contributed by atoms with Crippen molar-refractivity contribution in [2.24, 2.45) is 5.92 Å². The van der Waals surface area contributed by atoms with Crippen molar-refractivity contribution < 1.29 is 14.9 Å². The van der Waals surface area contributed by atoms with Gasteiger partial charge in [0.25, 0.3) is 0 Å². The summed E-state index contributed by atoms with van der Waals surface area (Å²) in [4.78, 5) is 0. The predicted molar refractivity (Wildman–Crippen MR) is 58.7 cm³/mol. The van der Waals surface area contributed by atoms with Crippen LogP contribution < -0.4 is 5.32 Å². The first-order valence-corrected chi connectivity index (χ1v) is 5.78. The number of hydrogen-bond acceptors (Lipinski definition) is 4. The van der Waals surface area contributed by atoms with E-state index < -0.39 is 6.10 Å². The number of aliphatic hydroxyl groups excluding tert-OH is 2. The van der Waals surface area contributed by atoms with E-state index in [0.717, 1.165) is 19.5 Å². The average molecular weight is 217 g/mol. The second kappa shape index (κ2) is 6.43. The van der Waals surface area contributed by atoms with E-state index in [9.17, 15) is 10.2 Å². The molecular formula is C11H23NO3. The highest BCUT2D eigenvalue weighted by molar-refractivity contribution is 4.79. The first-order valence-electron chi connectivity index (χ1n) is 5.78. The Kier molecular flexibility index (Phi) is 5.53. The molecule has 0 amide bonds. The highest BCUT2D eigenvalue weighted by Crippen LogP contribution is 2.17. The van der Waals surface area contributed by atoms with Gasteiger partial charge in [-0.3, -0.25) is 0 Å². The van der Waals surface area contributed by atoms with E-state index in [1.54, 1.807) is 0 Å². The third-order valence-electron chi connectivity index (χ3n) is 2.76. The Morgan fingerprint density at radius 3 is 2.80 bits per heavy atom. The third-order valence-corrected chi connectivity index (χ3v) is 2.76. The minimum atomic E-state index is -0.466. The van der Waals surface area contributed by atoms with Crippen LogP contribution in [0.25, 0.3) is 0 Å². The van der Waals surface area contributed by atoms with Crippen LogP contribution in [0.2, 0.25) is 0 Å². The van der Waals surface area contributed by atoms with Crippen LogP contribution in [0, 0.1) is 5.92 Å². The average Bonchev–Trinajstić information content (AvgIpc) is 2.18. The number of rotatable bonds is 5. The van der Waals surface area contributed by atoms with Crippen molar-refractivity contribution in [3.05, 3.63) is 0 Å². The molecule has 3 unspecified atom stereocenters. The van der Waals surface area contributed by atoms with Crippen LogP contribution in [0.5, 0.6) is 0 Å². The summed E-state index contributed by atoms with van der Waals surface area (Å²) in [5.41, 5.74) is 0. The van der Waals surface area contributed by atoms with Gasteiger partial charge in [0.1, 0.15) is 0 Å². The summed E-state index contributed by atoms with van der Waals surface area (Å²) in [5, 5.41) is 22.6. The smallest absolute Gasteiger partial charge is 0.0777 e. The normalized spacial score (nSPS) is 29.4. The van der Waals surface area contributed by atoms with Crippen LogP contribution in [0.15, 0.2) is 0 Å². The van der Waals surface area contributed by atoms with Gasteiger partial charge in [0.05, 0.1) is 24.9 Å². The molecule has 0 spiro atoms. The maximum Gasteiger partial charge on any atom is 0.0777 e. The molecule has 0 aromatic carbocycles. The maximum atomic E-state index is 9.70. The lowest BCUT2D eigenvalue weighted by atomic mass is 9.91. The zero-order valence-corrected chi connectivity index (χ0v) is 9.65. The Morgan fingerprint density at radius 1 is 1.47 bits per heavy atom. The van der Waals surface area contributed by atoms with Gasteiger partial charge in [0, 0.05) is 6.54 Å². The van der Waals surface area contributed by atoms with Crippen LogP contribution in [-0.2, 0) is 4.74 Å². The van der Waals surface area contributed by atoms with Crippen molar-refractivity contribution in [1.82, 2.24) is 5.32 Å². The van der Waals surface area contributed by atoms with Crippen LogP contribution in [0.1, 0.15) is 26.7 Å². The minimum absolute atomic E-state index is 0.147. The number of aliphatic hydroxyl groups is 2. The summed E-state index contributed by atoms with van der Waals surface area (Å²) in [6.45, 7) is 5.92. The van der Waals surface area contributed by atoms with Gasteiger partial charge in [-0.15, -0.1) is 0 Å². The number of piperidine rings is 1. The van der Waals surface area contributed by atoms with E-state index in [1.165, 1.54) is 0 Å².